The van der Waals surface area contributed by atoms with E-state index in [4.69, 9.17) is 19.4 Å². The van der Waals surface area contributed by atoms with Gasteiger partial charge in [0.2, 0.25) is 0 Å². The van der Waals surface area contributed by atoms with Crippen molar-refractivity contribution in [3.05, 3.63) is 33.1 Å². The number of phosphoric acid groups is 1. The van der Waals surface area contributed by atoms with Crippen LogP contribution in [0.1, 0.15) is 12.6 Å². The molecule has 7 N–H and O–H groups in total. The number of aromatic nitrogens is 2. The van der Waals surface area contributed by atoms with Gasteiger partial charge in [-0.1, -0.05) is 0 Å². The molecule has 2 heterocycles. The van der Waals surface area contributed by atoms with Crippen LogP contribution in [0, 0.1) is 0 Å². The van der Waals surface area contributed by atoms with E-state index in [1.807, 2.05) is 4.98 Å². The van der Waals surface area contributed by atoms with Crippen molar-refractivity contribution in [2.75, 3.05) is 6.61 Å². The largest absolute Gasteiger partial charge is 0.477 e. The average molecular weight is 467 g/mol. The second-order valence-corrected chi connectivity index (χ2v) is 10.2. The minimum absolute atomic E-state index is 0.150. The quantitative estimate of drug-likeness (QED) is 0.206. The molecular weight excluding hydrogens is 451 g/mol. The fourth-order valence-electron chi connectivity index (χ4n) is 2.22. The lowest BCUT2D eigenvalue weighted by molar-refractivity contribution is -0.0426. The third-order valence-electron chi connectivity index (χ3n) is 3.25. The third-order valence-corrected chi connectivity index (χ3v) is 7.51. The highest BCUT2D eigenvalue weighted by molar-refractivity contribution is 7.70. The Morgan fingerprint density at radius 1 is 1.21 bits per heavy atom. The molecule has 1 aliphatic heterocycles. The summed E-state index contributed by atoms with van der Waals surface area (Å²) in [5.74, 6) is 0. The Morgan fingerprint density at radius 3 is 2.43 bits per heavy atom. The van der Waals surface area contributed by atoms with Gasteiger partial charge in [0.1, 0.15) is 12.3 Å². The van der Waals surface area contributed by atoms with E-state index in [-0.39, 0.29) is 6.42 Å². The van der Waals surface area contributed by atoms with E-state index in [0.29, 0.717) is 0 Å². The van der Waals surface area contributed by atoms with Gasteiger partial charge in [0.15, 0.2) is 0 Å². The van der Waals surface area contributed by atoms with Crippen molar-refractivity contribution in [1.29, 1.82) is 0 Å². The fourth-order valence-corrected chi connectivity index (χ4v) is 5.70. The van der Waals surface area contributed by atoms with E-state index >= 15 is 0 Å². The molecule has 28 heavy (non-hydrogen) atoms. The second kappa shape index (κ2) is 8.40. The van der Waals surface area contributed by atoms with Gasteiger partial charge in [-0.3, -0.25) is 18.9 Å². The van der Waals surface area contributed by atoms with Crippen molar-refractivity contribution < 1.29 is 51.9 Å². The number of hydrogen-bond donors (Lipinski definition) is 7. The summed E-state index contributed by atoms with van der Waals surface area (Å²) in [7, 11) is -16.0. The first-order valence-electron chi connectivity index (χ1n) is 7.19. The maximum Gasteiger partial charge on any atom is 0.477 e. The molecule has 1 saturated heterocycles. The van der Waals surface area contributed by atoms with Crippen LogP contribution in [0.25, 0.3) is 0 Å². The van der Waals surface area contributed by atoms with Crippen molar-refractivity contribution in [1.82, 2.24) is 14.4 Å². The van der Waals surface area contributed by atoms with E-state index in [1.54, 1.807) is 0 Å². The molecule has 0 aliphatic carbocycles. The van der Waals surface area contributed by atoms with Crippen LogP contribution in [0.3, 0.4) is 0 Å². The lowest BCUT2D eigenvalue weighted by atomic mass is 10.2. The Balaban J connectivity index is 1.99. The van der Waals surface area contributed by atoms with Crippen LogP contribution in [0.15, 0.2) is 21.9 Å². The highest BCUT2D eigenvalue weighted by atomic mass is 31.3. The van der Waals surface area contributed by atoms with Gasteiger partial charge in [0, 0.05) is 18.7 Å². The molecule has 19 heteroatoms. The smallest absolute Gasteiger partial charge is 0.390 e. The predicted molar refractivity (Wildman–Crippen MR) is 87.7 cm³/mol. The van der Waals surface area contributed by atoms with Crippen molar-refractivity contribution in [2.45, 2.75) is 24.9 Å². The summed E-state index contributed by atoms with van der Waals surface area (Å²) in [5, 5.41) is 9.93. The van der Waals surface area contributed by atoms with Gasteiger partial charge in [0.25, 0.3) is 5.56 Å². The predicted octanol–water partition coefficient (Wildman–Crippen LogP) is -1.90. The highest BCUT2D eigenvalue weighted by Gasteiger charge is 2.41. The summed E-state index contributed by atoms with van der Waals surface area (Å²) < 4.78 is 47.9. The Labute approximate surface area is 155 Å². The lowest BCUT2D eigenvalue weighted by Gasteiger charge is -2.20. The van der Waals surface area contributed by atoms with Crippen LogP contribution in [-0.2, 0) is 27.3 Å². The van der Waals surface area contributed by atoms with Crippen molar-refractivity contribution in [3.8, 4) is 0 Å². The summed E-state index contributed by atoms with van der Waals surface area (Å²) in [6.45, 7) is -0.813. The van der Waals surface area contributed by atoms with E-state index in [9.17, 15) is 33.3 Å². The summed E-state index contributed by atoms with van der Waals surface area (Å²) >= 11 is 0. The molecule has 0 saturated carbocycles. The highest BCUT2D eigenvalue weighted by Crippen LogP contribution is 2.60. The van der Waals surface area contributed by atoms with Crippen LogP contribution in [-0.4, -0.2) is 53.0 Å². The van der Waals surface area contributed by atoms with Gasteiger partial charge >= 0.3 is 29.0 Å². The maximum absolute atomic E-state index is 11.7. The molecule has 5 atom stereocenters. The zero-order chi connectivity index (χ0) is 21.3. The minimum Gasteiger partial charge on any atom is -0.390 e. The van der Waals surface area contributed by atoms with Crippen LogP contribution in [0.5, 0.6) is 0 Å². The van der Waals surface area contributed by atoms with Gasteiger partial charge in [-0.15, -0.1) is 4.86 Å². The van der Waals surface area contributed by atoms with Crippen molar-refractivity contribution >= 4 is 23.3 Å². The van der Waals surface area contributed by atoms with Gasteiger partial charge in [-0.25, -0.2) is 18.5 Å². The number of rotatable bonds is 8. The lowest BCUT2D eigenvalue weighted by Crippen LogP contribution is -2.31. The van der Waals surface area contributed by atoms with E-state index < -0.39 is 59.6 Å². The van der Waals surface area contributed by atoms with Crippen LogP contribution in [0.4, 0.5) is 0 Å². The zero-order valence-corrected chi connectivity index (χ0v) is 16.3. The Morgan fingerprint density at radius 2 is 1.86 bits per heavy atom. The third kappa shape index (κ3) is 6.81. The Kier molecular flexibility index (Phi) is 6.99. The number of aliphatic hydroxyl groups excluding tert-OH is 1. The Hall–Kier alpha value is -0.990. The van der Waals surface area contributed by atoms with E-state index in [1.165, 1.54) is 0 Å². The van der Waals surface area contributed by atoms with Crippen LogP contribution in [0.2, 0.25) is 0 Å². The van der Waals surface area contributed by atoms with E-state index in [2.05, 4.69) is 8.83 Å². The topological polar surface area (TPSA) is 247 Å². The molecule has 1 aromatic rings. The maximum atomic E-state index is 11.7. The average Bonchev–Trinajstić information content (AvgIpc) is 2.82. The summed E-state index contributed by atoms with van der Waals surface area (Å²) in [6, 6.07) is 1.03. The molecule has 2 rings (SSSR count). The van der Waals surface area contributed by atoms with Crippen LogP contribution >= 0.6 is 23.3 Å². The molecule has 1 fully saturated rings. The number of nitrogens with zero attached hydrogens (tertiary/aromatic N) is 1. The number of aliphatic hydroxyl groups is 1. The molecule has 0 amide bonds. The molecule has 0 aromatic carbocycles. The normalized spacial score (nSPS) is 27.2. The summed E-state index contributed by atoms with van der Waals surface area (Å²) in [6.07, 6.45) is -2.62. The fraction of sp³-hybridized carbons (Fsp3) is 0.556. The Bertz CT molecular complexity index is 968. The minimum atomic E-state index is -5.46. The molecule has 1 aromatic heterocycles. The number of ether oxygens (including phenoxy) is 1. The molecule has 160 valence electrons. The van der Waals surface area contributed by atoms with Crippen molar-refractivity contribution in [2.24, 2.45) is 0 Å². The number of hydrogen-bond acceptors (Lipinski definition) is 9. The number of H-pyrrole nitrogens is 1. The van der Waals surface area contributed by atoms with Gasteiger partial charge in [0.05, 0.1) is 12.7 Å². The van der Waals surface area contributed by atoms with E-state index in [0.717, 1.165) is 21.7 Å². The monoisotopic (exact) mass is 467 g/mol. The molecule has 1 aliphatic rings. The van der Waals surface area contributed by atoms with Gasteiger partial charge in [-0.2, -0.15) is 4.31 Å². The summed E-state index contributed by atoms with van der Waals surface area (Å²) in [5.41, 5.74) is -1.48. The number of nitrogens with one attached hydrogen (secondary N) is 2. The molecular formula is C9H16N3O13P3. The van der Waals surface area contributed by atoms with Gasteiger partial charge in [-0.05, 0) is 0 Å². The van der Waals surface area contributed by atoms with Crippen LogP contribution < -0.4 is 16.1 Å². The zero-order valence-electron chi connectivity index (χ0n) is 13.6. The van der Waals surface area contributed by atoms with Gasteiger partial charge < -0.3 is 29.4 Å². The summed E-state index contributed by atoms with van der Waals surface area (Å²) in [4.78, 5) is 61.3. The molecule has 0 bridgehead atoms. The molecule has 0 radical (unpaired) electrons. The van der Waals surface area contributed by atoms with Crippen molar-refractivity contribution in [3.63, 3.8) is 0 Å². The first kappa shape index (κ1) is 23.3. The second-order valence-electron chi connectivity index (χ2n) is 5.46. The first-order valence-corrected chi connectivity index (χ1v) is 11.9. The molecule has 0 spiro atoms. The SMILES string of the molecule is O=c1ccn(C2CC(O)C(COP(=O)(O)NP(=O)(O)OP(=O)(O)O)O2)c(=O)[nH]1. The molecule has 5 unspecified atom stereocenters. The number of aromatic amines is 1. The standard InChI is InChI=1S/C9H16N3O13P3/c13-5-3-8(12-2-1-7(14)10-9(12)15)24-6(5)4-23-26(16,17)11-27(18,19)25-28(20,21)22/h1-2,5-6,8,13H,3-4H2,(H,10,14,15)(H2,20,21,22)(H3,11,16,17,18,19). The first-order chi connectivity index (χ1) is 12.7. The molecule has 16 nitrogen and oxygen atoms in total.